The first kappa shape index (κ1) is 19.4. The lowest BCUT2D eigenvalue weighted by Crippen LogP contribution is -2.41. The van der Waals surface area contributed by atoms with Gasteiger partial charge in [-0.2, -0.15) is 0 Å². The maximum Gasteiger partial charge on any atom is 0.255 e. The van der Waals surface area contributed by atoms with E-state index in [2.05, 4.69) is 9.71 Å². The van der Waals surface area contributed by atoms with Crippen molar-refractivity contribution >= 4 is 15.9 Å². The summed E-state index contributed by atoms with van der Waals surface area (Å²) in [6.45, 7) is 3.03. The number of hydrogen-bond acceptors (Lipinski definition) is 4. The number of aromatic nitrogens is 1. The van der Waals surface area contributed by atoms with Crippen LogP contribution >= 0.6 is 0 Å². The molecule has 3 rings (SSSR count). The van der Waals surface area contributed by atoms with E-state index in [0.29, 0.717) is 30.8 Å². The van der Waals surface area contributed by atoms with Crippen molar-refractivity contribution in [1.82, 2.24) is 14.6 Å². The lowest BCUT2D eigenvalue weighted by molar-refractivity contribution is 0.0691. The minimum Gasteiger partial charge on any atom is -0.339 e. The second-order valence-corrected chi connectivity index (χ2v) is 8.47. The first-order valence-corrected chi connectivity index (χ1v) is 10.3. The van der Waals surface area contributed by atoms with Crippen LogP contribution in [-0.2, 0) is 10.0 Å². The summed E-state index contributed by atoms with van der Waals surface area (Å²) in [6.07, 6.45) is 4.61. The van der Waals surface area contributed by atoms with Crippen LogP contribution in [0.15, 0.2) is 47.6 Å². The van der Waals surface area contributed by atoms with E-state index in [1.165, 1.54) is 12.1 Å². The Morgan fingerprint density at radius 3 is 2.67 bits per heavy atom. The average Bonchev–Trinajstić information content (AvgIpc) is 2.67. The molecular formula is C19H22FN3O3S. The van der Waals surface area contributed by atoms with Crippen molar-refractivity contribution < 1.29 is 17.6 Å². The number of likely N-dealkylation sites (tertiary alicyclic amines) is 1. The number of aryl methyl sites for hydroxylation is 1. The molecule has 0 saturated carbocycles. The maximum atomic E-state index is 13.2. The van der Waals surface area contributed by atoms with Crippen LogP contribution in [0.4, 0.5) is 4.39 Å². The predicted octanol–water partition coefficient (Wildman–Crippen LogP) is 2.36. The number of pyridine rings is 1. The van der Waals surface area contributed by atoms with Gasteiger partial charge in [-0.15, -0.1) is 0 Å². The predicted molar refractivity (Wildman–Crippen MR) is 99.2 cm³/mol. The molecule has 0 spiro atoms. The second-order valence-electron chi connectivity index (χ2n) is 6.74. The van der Waals surface area contributed by atoms with Crippen LogP contribution in [0.1, 0.15) is 28.8 Å². The summed E-state index contributed by atoms with van der Waals surface area (Å²) in [5, 5.41) is 0. The van der Waals surface area contributed by atoms with Gasteiger partial charge in [0.15, 0.2) is 0 Å². The Morgan fingerprint density at radius 1 is 1.30 bits per heavy atom. The van der Waals surface area contributed by atoms with Crippen LogP contribution in [-0.4, -0.2) is 43.8 Å². The van der Waals surface area contributed by atoms with Crippen molar-refractivity contribution in [3.63, 3.8) is 0 Å². The topological polar surface area (TPSA) is 79.4 Å². The molecule has 0 bridgehead atoms. The quantitative estimate of drug-likeness (QED) is 0.849. The molecule has 1 amide bonds. The molecule has 1 aliphatic rings. The van der Waals surface area contributed by atoms with Gasteiger partial charge in [0.05, 0.1) is 10.5 Å². The Morgan fingerprint density at radius 2 is 2.04 bits per heavy atom. The fraction of sp³-hybridized carbons (Fsp3) is 0.368. The van der Waals surface area contributed by atoms with Gasteiger partial charge in [0.1, 0.15) is 5.82 Å². The van der Waals surface area contributed by atoms with Crippen LogP contribution in [0, 0.1) is 18.7 Å². The number of nitrogens with one attached hydrogen (secondary N) is 1. The molecule has 2 aromatic rings. The second kappa shape index (κ2) is 8.14. The average molecular weight is 391 g/mol. The highest BCUT2D eigenvalue weighted by atomic mass is 32.2. The molecule has 6 nitrogen and oxygen atoms in total. The molecule has 1 aromatic heterocycles. The zero-order chi connectivity index (χ0) is 19.4. The van der Waals surface area contributed by atoms with E-state index in [9.17, 15) is 17.6 Å². The van der Waals surface area contributed by atoms with Crippen molar-refractivity contribution in [3.8, 4) is 0 Å². The third kappa shape index (κ3) is 4.70. The number of carbonyl (C=O) groups is 1. The highest BCUT2D eigenvalue weighted by Gasteiger charge is 2.25. The minimum absolute atomic E-state index is 0.0518. The highest BCUT2D eigenvalue weighted by Crippen LogP contribution is 2.20. The number of sulfonamides is 1. The van der Waals surface area contributed by atoms with E-state index in [1.54, 1.807) is 36.4 Å². The Hall–Kier alpha value is -2.32. The van der Waals surface area contributed by atoms with Crippen LogP contribution in [0.2, 0.25) is 0 Å². The molecule has 1 N–H and O–H groups in total. The number of piperidine rings is 1. The van der Waals surface area contributed by atoms with E-state index in [1.807, 2.05) is 0 Å². The molecule has 0 aliphatic carbocycles. The summed E-state index contributed by atoms with van der Waals surface area (Å²) in [6, 6.07) is 7.09. The maximum absolute atomic E-state index is 13.2. The number of rotatable bonds is 5. The Labute approximate surface area is 158 Å². The molecule has 2 heterocycles. The van der Waals surface area contributed by atoms with Crippen molar-refractivity contribution in [2.75, 3.05) is 19.6 Å². The van der Waals surface area contributed by atoms with E-state index in [4.69, 9.17) is 0 Å². The number of amides is 1. The standard InChI is InChI=1S/C19H22FN3O3S/c1-14-11-17(20)4-5-18(14)27(25,26)22-12-15-6-9-23(10-7-15)19(24)16-3-2-8-21-13-16/h2-5,8,11,13,15,22H,6-7,9-10,12H2,1H3. The molecule has 27 heavy (non-hydrogen) atoms. The minimum atomic E-state index is -3.69. The number of halogens is 1. The molecule has 1 aromatic carbocycles. The summed E-state index contributed by atoms with van der Waals surface area (Å²) in [4.78, 5) is 18.2. The van der Waals surface area contributed by atoms with Crippen molar-refractivity contribution in [3.05, 3.63) is 59.7 Å². The van der Waals surface area contributed by atoms with E-state index < -0.39 is 15.8 Å². The molecule has 1 aliphatic heterocycles. The lowest BCUT2D eigenvalue weighted by atomic mass is 9.97. The van der Waals surface area contributed by atoms with Gasteiger partial charge in [0.2, 0.25) is 10.0 Å². The summed E-state index contributed by atoms with van der Waals surface area (Å²) >= 11 is 0. The molecular weight excluding hydrogens is 369 g/mol. The molecule has 0 radical (unpaired) electrons. The van der Waals surface area contributed by atoms with Gasteiger partial charge in [0.25, 0.3) is 5.91 Å². The Kier molecular flexibility index (Phi) is 5.86. The van der Waals surface area contributed by atoms with Gasteiger partial charge in [-0.3, -0.25) is 9.78 Å². The number of nitrogens with zero attached hydrogens (tertiary/aromatic N) is 2. The zero-order valence-corrected chi connectivity index (χ0v) is 15.9. The van der Waals surface area contributed by atoms with Crippen molar-refractivity contribution in [1.29, 1.82) is 0 Å². The highest BCUT2D eigenvalue weighted by molar-refractivity contribution is 7.89. The van der Waals surface area contributed by atoms with E-state index in [0.717, 1.165) is 18.9 Å². The Balaban J connectivity index is 1.54. The smallest absolute Gasteiger partial charge is 0.255 e. The molecule has 8 heteroatoms. The molecule has 144 valence electrons. The largest absolute Gasteiger partial charge is 0.339 e. The summed E-state index contributed by atoms with van der Waals surface area (Å²) in [5.41, 5.74) is 0.933. The number of carbonyl (C=O) groups excluding carboxylic acids is 1. The normalized spacial score (nSPS) is 15.7. The van der Waals surface area contributed by atoms with Gasteiger partial charge in [-0.05, 0) is 61.6 Å². The van der Waals surface area contributed by atoms with Crippen LogP contribution in [0.3, 0.4) is 0 Å². The number of hydrogen-bond donors (Lipinski definition) is 1. The summed E-state index contributed by atoms with van der Waals surface area (Å²) < 4.78 is 40.7. The van der Waals surface area contributed by atoms with Crippen LogP contribution < -0.4 is 4.72 Å². The number of benzene rings is 1. The fourth-order valence-electron chi connectivity index (χ4n) is 3.23. The van der Waals surface area contributed by atoms with Crippen LogP contribution in [0.5, 0.6) is 0 Å². The fourth-order valence-corrected chi connectivity index (χ4v) is 4.57. The SMILES string of the molecule is Cc1cc(F)ccc1S(=O)(=O)NCC1CCN(C(=O)c2cccnc2)CC1. The van der Waals surface area contributed by atoms with E-state index >= 15 is 0 Å². The molecule has 1 fully saturated rings. The third-order valence-electron chi connectivity index (χ3n) is 4.80. The summed E-state index contributed by atoms with van der Waals surface area (Å²) in [7, 11) is -3.69. The van der Waals surface area contributed by atoms with Crippen molar-refractivity contribution in [2.45, 2.75) is 24.7 Å². The monoisotopic (exact) mass is 391 g/mol. The first-order chi connectivity index (χ1) is 12.9. The zero-order valence-electron chi connectivity index (χ0n) is 15.1. The van der Waals surface area contributed by atoms with Crippen LogP contribution in [0.25, 0.3) is 0 Å². The van der Waals surface area contributed by atoms with Gasteiger partial charge in [-0.1, -0.05) is 0 Å². The molecule has 0 atom stereocenters. The van der Waals surface area contributed by atoms with E-state index in [-0.39, 0.29) is 16.7 Å². The van der Waals surface area contributed by atoms with Gasteiger partial charge in [-0.25, -0.2) is 17.5 Å². The van der Waals surface area contributed by atoms with Gasteiger partial charge < -0.3 is 4.90 Å². The van der Waals surface area contributed by atoms with Crippen molar-refractivity contribution in [2.24, 2.45) is 5.92 Å². The lowest BCUT2D eigenvalue weighted by Gasteiger charge is -2.32. The van der Waals surface area contributed by atoms with Gasteiger partial charge in [0, 0.05) is 32.0 Å². The first-order valence-electron chi connectivity index (χ1n) is 8.82. The molecule has 1 saturated heterocycles. The Bertz CT molecular complexity index is 911. The summed E-state index contributed by atoms with van der Waals surface area (Å²) in [5.74, 6) is -0.361. The van der Waals surface area contributed by atoms with Gasteiger partial charge >= 0.3 is 0 Å². The third-order valence-corrected chi connectivity index (χ3v) is 6.38. The molecule has 0 unspecified atom stereocenters.